The molecular weight excluding hydrogens is 331 g/mol. The molecule has 1 aromatic rings. The second-order valence-corrected chi connectivity index (χ2v) is 5.39. The van der Waals surface area contributed by atoms with E-state index in [1.165, 1.54) is 0 Å². The van der Waals surface area contributed by atoms with Gasteiger partial charge < -0.3 is 10.6 Å². The van der Waals surface area contributed by atoms with Gasteiger partial charge in [-0.1, -0.05) is 25.3 Å². The number of carbonyl (C=O) groups excluding carboxylic acids is 1. The SMILES string of the molecule is C=CC(=O)Nc1cc(C)ccc1N/C(N=C(C)C)=C(/C=C)C(F)(F)F. The zero-order chi connectivity index (χ0) is 19.2. The third-order valence-corrected chi connectivity index (χ3v) is 2.97. The molecule has 4 nitrogen and oxygen atoms in total. The van der Waals surface area contributed by atoms with Crippen LogP contribution in [0.25, 0.3) is 0 Å². The van der Waals surface area contributed by atoms with Gasteiger partial charge in [0.2, 0.25) is 5.91 Å². The van der Waals surface area contributed by atoms with E-state index in [-0.39, 0.29) is 5.69 Å². The van der Waals surface area contributed by atoms with E-state index in [4.69, 9.17) is 0 Å². The number of anilines is 2. The van der Waals surface area contributed by atoms with E-state index in [2.05, 4.69) is 28.8 Å². The van der Waals surface area contributed by atoms with Gasteiger partial charge in [-0.25, -0.2) is 4.99 Å². The van der Waals surface area contributed by atoms with Gasteiger partial charge in [0, 0.05) is 5.71 Å². The number of hydrogen-bond acceptors (Lipinski definition) is 3. The Labute approximate surface area is 144 Å². The Bertz CT molecular complexity index is 742. The summed E-state index contributed by atoms with van der Waals surface area (Å²) in [5.74, 6) is -0.880. The lowest BCUT2D eigenvalue weighted by Gasteiger charge is -2.17. The average Bonchev–Trinajstić information content (AvgIpc) is 2.48. The maximum absolute atomic E-state index is 13.2. The molecule has 0 saturated heterocycles. The minimum atomic E-state index is -4.63. The van der Waals surface area contributed by atoms with Crippen molar-refractivity contribution in [2.24, 2.45) is 4.99 Å². The van der Waals surface area contributed by atoms with E-state index in [1.54, 1.807) is 39.0 Å². The van der Waals surface area contributed by atoms with Gasteiger partial charge in [-0.2, -0.15) is 13.2 Å². The standard InChI is InChI=1S/C18H20F3N3O/c1-6-13(18(19,20)21)17(22-11(3)4)24-14-9-8-12(5)10-15(14)23-16(25)7-2/h6-10,24H,1-2H2,3-5H3,(H,23,25)/b17-13-. The van der Waals surface area contributed by atoms with Crippen LogP contribution < -0.4 is 10.6 Å². The van der Waals surface area contributed by atoms with Crippen LogP contribution in [0.15, 0.2) is 59.9 Å². The van der Waals surface area contributed by atoms with Gasteiger partial charge in [-0.15, -0.1) is 0 Å². The second kappa shape index (κ2) is 8.32. The average molecular weight is 351 g/mol. The first kappa shape index (κ1) is 20.2. The van der Waals surface area contributed by atoms with Crippen molar-refractivity contribution in [3.8, 4) is 0 Å². The van der Waals surface area contributed by atoms with Crippen LogP contribution in [0.3, 0.4) is 0 Å². The highest BCUT2D eigenvalue weighted by Gasteiger charge is 2.35. The first-order valence-electron chi connectivity index (χ1n) is 7.35. The first-order valence-corrected chi connectivity index (χ1v) is 7.35. The van der Waals surface area contributed by atoms with Crippen molar-refractivity contribution in [1.29, 1.82) is 0 Å². The molecule has 0 aliphatic rings. The smallest absolute Gasteiger partial charge is 0.338 e. The van der Waals surface area contributed by atoms with Crippen molar-refractivity contribution in [3.63, 3.8) is 0 Å². The van der Waals surface area contributed by atoms with E-state index in [0.29, 0.717) is 17.5 Å². The number of amides is 1. The molecule has 0 atom stereocenters. The Morgan fingerprint density at radius 3 is 2.24 bits per heavy atom. The first-order chi connectivity index (χ1) is 11.6. The van der Waals surface area contributed by atoms with Crippen molar-refractivity contribution in [1.82, 2.24) is 0 Å². The van der Waals surface area contributed by atoms with E-state index in [1.807, 2.05) is 0 Å². The number of aliphatic imine (C=N–C) groups is 1. The summed E-state index contributed by atoms with van der Waals surface area (Å²) in [6, 6.07) is 4.89. The van der Waals surface area contributed by atoms with Gasteiger partial charge in [-0.3, -0.25) is 4.79 Å². The number of benzene rings is 1. The molecule has 25 heavy (non-hydrogen) atoms. The van der Waals surface area contributed by atoms with Gasteiger partial charge in [0.05, 0.1) is 16.9 Å². The molecule has 0 radical (unpaired) electrons. The van der Waals surface area contributed by atoms with Crippen molar-refractivity contribution < 1.29 is 18.0 Å². The molecule has 1 aromatic carbocycles. The molecule has 134 valence electrons. The topological polar surface area (TPSA) is 53.5 Å². The minimum Gasteiger partial charge on any atom is -0.338 e. The van der Waals surface area contributed by atoms with E-state index >= 15 is 0 Å². The molecule has 7 heteroatoms. The maximum Gasteiger partial charge on any atom is 0.419 e. The Hall–Kier alpha value is -2.83. The molecule has 0 aliphatic heterocycles. The quantitative estimate of drug-likeness (QED) is 0.432. The Kier molecular flexibility index (Phi) is 6.73. The molecular formula is C18H20F3N3O. The van der Waals surface area contributed by atoms with Crippen LogP contribution in [-0.4, -0.2) is 17.8 Å². The largest absolute Gasteiger partial charge is 0.419 e. The fourth-order valence-electron chi connectivity index (χ4n) is 1.91. The molecule has 2 N–H and O–H groups in total. The summed E-state index contributed by atoms with van der Waals surface area (Å²) in [6.07, 6.45) is -2.86. The zero-order valence-electron chi connectivity index (χ0n) is 14.3. The van der Waals surface area contributed by atoms with Crippen molar-refractivity contribution in [3.05, 3.63) is 60.5 Å². The highest BCUT2D eigenvalue weighted by atomic mass is 19.4. The molecule has 0 aromatic heterocycles. The molecule has 0 spiro atoms. The van der Waals surface area contributed by atoms with Crippen molar-refractivity contribution >= 4 is 23.0 Å². The van der Waals surface area contributed by atoms with Gasteiger partial charge >= 0.3 is 6.18 Å². The summed E-state index contributed by atoms with van der Waals surface area (Å²) in [6.45, 7) is 11.5. The summed E-state index contributed by atoms with van der Waals surface area (Å²) < 4.78 is 39.7. The molecule has 0 unspecified atom stereocenters. The van der Waals surface area contributed by atoms with E-state index in [0.717, 1.165) is 11.6 Å². The van der Waals surface area contributed by atoms with Gasteiger partial charge in [0.1, 0.15) is 5.82 Å². The van der Waals surface area contributed by atoms with Gasteiger partial charge in [-0.05, 0) is 44.5 Å². The maximum atomic E-state index is 13.2. The van der Waals surface area contributed by atoms with Crippen LogP contribution in [0.5, 0.6) is 0 Å². The fraction of sp³-hybridized carbons (Fsp3) is 0.222. The monoisotopic (exact) mass is 351 g/mol. The lowest BCUT2D eigenvalue weighted by Crippen LogP contribution is -2.17. The van der Waals surface area contributed by atoms with E-state index in [9.17, 15) is 18.0 Å². The van der Waals surface area contributed by atoms with Crippen LogP contribution in [0.1, 0.15) is 19.4 Å². The Morgan fingerprint density at radius 1 is 1.12 bits per heavy atom. The van der Waals surface area contributed by atoms with Gasteiger partial charge in [0.25, 0.3) is 0 Å². The predicted molar refractivity (Wildman–Crippen MR) is 95.7 cm³/mol. The second-order valence-electron chi connectivity index (χ2n) is 5.39. The molecule has 0 saturated carbocycles. The third-order valence-electron chi connectivity index (χ3n) is 2.97. The number of alkyl halides is 3. The predicted octanol–water partition coefficient (Wildman–Crippen LogP) is 4.97. The summed E-state index contributed by atoms with van der Waals surface area (Å²) >= 11 is 0. The van der Waals surface area contributed by atoms with Crippen molar-refractivity contribution in [2.45, 2.75) is 26.9 Å². The number of nitrogens with one attached hydrogen (secondary N) is 2. The number of carbonyl (C=O) groups is 1. The molecule has 0 fully saturated rings. The highest BCUT2D eigenvalue weighted by Crippen LogP contribution is 2.32. The number of halogens is 3. The van der Waals surface area contributed by atoms with Gasteiger partial charge in [0.15, 0.2) is 0 Å². The molecule has 1 amide bonds. The lowest BCUT2D eigenvalue weighted by molar-refractivity contribution is -0.111. The number of aryl methyl sites for hydroxylation is 1. The fourth-order valence-corrected chi connectivity index (χ4v) is 1.91. The summed E-state index contributed by atoms with van der Waals surface area (Å²) in [4.78, 5) is 15.5. The van der Waals surface area contributed by atoms with Crippen molar-refractivity contribution in [2.75, 3.05) is 10.6 Å². The Morgan fingerprint density at radius 2 is 1.76 bits per heavy atom. The number of hydrogen-bond donors (Lipinski definition) is 2. The summed E-state index contributed by atoms with van der Waals surface area (Å²) in [7, 11) is 0. The molecule has 0 aliphatic carbocycles. The molecule has 1 rings (SSSR count). The van der Waals surface area contributed by atoms with Crippen LogP contribution in [0.4, 0.5) is 24.5 Å². The summed E-state index contributed by atoms with van der Waals surface area (Å²) in [5.41, 5.74) is 0.830. The zero-order valence-corrected chi connectivity index (χ0v) is 14.3. The Balaban J connectivity index is 3.46. The van der Waals surface area contributed by atoms with Crippen LogP contribution in [-0.2, 0) is 4.79 Å². The number of nitrogens with zero attached hydrogens (tertiary/aromatic N) is 1. The number of rotatable bonds is 6. The third kappa shape index (κ3) is 5.95. The van der Waals surface area contributed by atoms with E-state index < -0.39 is 23.5 Å². The minimum absolute atomic E-state index is 0.268. The van der Waals surface area contributed by atoms with Crippen LogP contribution in [0, 0.1) is 6.92 Å². The summed E-state index contributed by atoms with van der Waals surface area (Å²) in [5, 5.41) is 5.20. The lowest BCUT2D eigenvalue weighted by atomic mass is 10.1. The van der Waals surface area contributed by atoms with Crippen LogP contribution in [0.2, 0.25) is 0 Å². The number of allylic oxidation sites excluding steroid dienone is 2. The molecule has 0 heterocycles. The van der Waals surface area contributed by atoms with Crippen LogP contribution >= 0.6 is 0 Å². The molecule has 0 bridgehead atoms. The normalized spacial score (nSPS) is 11.9. The highest BCUT2D eigenvalue weighted by molar-refractivity contribution is 6.01.